The maximum atomic E-state index is 2.40. The van der Waals surface area contributed by atoms with E-state index in [1.165, 1.54) is 0 Å². The smallest absolute Gasteiger partial charge is 0.0436 e. The SMILES string of the molecule is CC(C)S(c1cccs1)(C(C)C)C(C)C. The summed E-state index contributed by atoms with van der Waals surface area (Å²) >= 11 is 1.95. The lowest BCUT2D eigenvalue weighted by Gasteiger charge is -2.50. The topological polar surface area (TPSA) is 0 Å². The molecule has 0 saturated heterocycles. The zero-order valence-corrected chi connectivity index (χ0v) is 12.4. The first-order valence-corrected chi connectivity index (χ1v) is 8.47. The Labute approximate surface area is 100 Å². The zero-order chi connectivity index (χ0) is 11.6. The summed E-state index contributed by atoms with van der Waals surface area (Å²) in [7, 11) is -0.663. The first kappa shape index (κ1) is 13.1. The molecule has 0 nitrogen and oxygen atoms in total. The number of rotatable bonds is 4. The van der Waals surface area contributed by atoms with Gasteiger partial charge in [-0.05, 0) is 27.2 Å². The first-order valence-electron chi connectivity index (χ1n) is 5.77. The molecule has 0 atom stereocenters. The van der Waals surface area contributed by atoms with Gasteiger partial charge in [0.15, 0.2) is 0 Å². The Morgan fingerprint density at radius 3 is 1.67 bits per heavy atom. The standard InChI is InChI=1S/C13H24S2/c1-10(2)15(11(3)4,12(5)6)13-8-7-9-14-13/h7-12H,1-6H3. The molecule has 0 spiro atoms. The average Bonchev–Trinajstić information content (AvgIpc) is 2.55. The molecule has 1 aromatic heterocycles. The van der Waals surface area contributed by atoms with E-state index in [4.69, 9.17) is 0 Å². The quantitative estimate of drug-likeness (QED) is 0.688. The molecule has 0 aliphatic heterocycles. The molecule has 1 heterocycles. The van der Waals surface area contributed by atoms with Gasteiger partial charge in [-0.15, -0.1) is 11.3 Å². The lowest BCUT2D eigenvalue weighted by Crippen LogP contribution is -2.28. The predicted molar refractivity (Wildman–Crippen MR) is 75.6 cm³/mol. The lowest BCUT2D eigenvalue weighted by molar-refractivity contribution is 0.942. The van der Waals surface area contributed by atoms with Gasteiger partial charge in [0, 0.05) is 4.21 Å². The van der Waals surface area contributed by atoms with Crippen molar-refractivity contribution >= 4 is 21.4 Å². The van der Waals surface area contributed by atoms with Crippen molar-refractivity contribution in [3.05, 3.63) is 17.5 Å². The van der Waals surface area contributed by atoms with E-state index in [9.17, 15) is 0 Å². The number of thiophene rings is 1. The van der Waals surface area contributed by atoms with Gasteiger partial charge in [0.1, 0.15) is 0 Å². The fourth-order valence-corrected chi connectivity index (χ4v) is 10.8. The molecule has 0 saturated carbocycles. The van der Waals surface area contributed by atoms with Crippen LogP contribution in [0.4, 0.5) is 0 Å². The van der Waals surface area contributed by atoms with Crippen molar-refractivity contribution < 1.29 is 0 Å². The van der Waals surface area contributed by atoms with Crippen LogP contribution in [-0.4, -0.2) is 15.7 Å². The van der Waals surface area contributed by atoms with Crippen LogP contribution in [0.1, 0.15) is 41.5 Å². The normalized spacial score (nSPS) is 14.2. The Morgan fingerprint density at radius 2 is 1.40 bits per heavy atom. The fourth-order valence-electron chi connectivity index (χ4n) is 2.79. The molecule has 15 heavy (non-hydrogen) atoms. The largest absolute Gasteiger partial charge is 0.198 e. The second-order valence-corrected chi connectivity index (χ2v) is 10.8. The van der Waals surface area contributed by atoms with Crippen LogP contribution in [0, 0.1) is 0 Å². The minimum atomic E-state index is -0.663. The van der Waals surface area contributed by atoms with Crippen LogP contribution in [0.15, 0.2) is 21.7 Å². The Morgan fingerprint density at radius 1 is 0.933 bits per heavy atom. The van der Waals surface area contributed by atoms with E-state index < -0.39 is 10.0 Å². The van der Waals surface area contributed by atoms with Gasteiger partial charge in [-0.1, -0.05) is 47.6 Å². The maximum Gasteiger partial charge on any atom is 0.0436 e. The third-order valence-corrected chi connectivity index (χ3v) is 10.5. The van der Waals surface area contributed by atoms with E-state index in [0.29, 0.717) is 0 Å². The van der Waals surface area contributed by atoms with Gasteiger partial charge in [-0.3, -0.25) is 0 Å². The van der Waals surface area contributed by atoms with Crippen LogP contribution in [0.25, 0.3) is 0 Å². The summed E-state index contributed by atoms with van der Waals surface area (Å²) in [6.07, 6.45) is 0. The summed E-state index contributed by atoms with van der Waals surface area (Å²) in [5.41, 5.74) is 0. The minimum Gasteiger partial charge on any atom is -0.198 e. The predicted octanol–water partition coefficient (Wildman–Crippen LogP) is 5.14. The third kappa shape index (κ3) is 2.12. The maximum absolute atomic E-state index is 2.40. The molecule has 2 heteroatoms. The van der Waals surface area contributed by atoms with Crippen LogP contribution < -0.4 is 0 Å². The molecule has 0 bridgehead atoms. The molecule has 0 aliphatic rings. The van der Waals surface area contributed by atoms with Crippen molar-refractivity contribution in [3.8, 4) is 0 Å². The van der Waals surface area contributed by atoms with E-state index in [1.54, 1.807) is 4.21 Å². The van der Waals surface area contributed by atoms with E-state index >= 15 is 0 Å². The van der Waals surface area contributed by atoms with Crippen LogP contribution >= 0.6 is 21.4 Å². The van der Waals surface area contributed by atoms with Crippen molar-refractivity contribution in [1.29, 1.82) is 0 Å². The molecular formula is C13H24S2. The fraction of sp³-hybridized carbons (Fsp3) is 0.692. The van der Waals surface area contributed by atoms with Gasteiger partial charge in [0.25, 0.3) is 0 Å². The summed E-state index contributed by atoms with van der Waals surface area (Å²) in [4.78, 5) is 0. The third-order valence-electron chi connectivity index (χ3n) is 3.18. The minimum absolute atomic E-state index is 0.663. The Balaban J connectivity index is 3.27. The zero-order valence-electron chi connectivity index (χ0n) is 10.8. The van der Waals surface area contributed by atoms with Gasteiger partial charge >= 0.3 is 0 Å². The summed E-state index contributed by atoms with van der Waals surface area (Å²) < 4.78 is 1.64. The number of hydrogen-bond donors (Lipinski definition) is 0. The van der Waals surface area contributed by atoms with Crippen LogP contribution in [0.5, 0.6) is 0 Å². The van der Waals surface area contributed by atoms with Crippen LogP contribution in [-0.2, 0) is 0 Å². The second-order valence-electron chi connectivity index (χ2n) is 4.84. The van der Waals surface area contributed by atoms with E-state index in [-0.39, 0.29) is 0 Å². The number of hydrogen-bond acceptors (Lipinski definition) is 1. The summed E-state index contributed by atoms with van der Waals surface area (Å²) in [6.45, 7) is 14.4. The monoisotopic (exact) mass is 244 g/mol. The van der Waals surface area contributed by atoms with E-state index in [2.05, 4.69) is 59.1 Å². The molecule has 1 aromatic rings. The van der Waals surface area contributed by atoms with Crippen molar-refractivity contribution in [2.75, 3.05) is 0 Å². The van der Waals surface area contributed by atoms with E-state index in [1.807, 2.05) is 11.3 Å². The van der Waals surface area contributed by atoms with Crippen molar-refractivity contribution in [3.63, 3.8) is 0 Å². The summed E-state index contributed by atoms with van der Waals surface area (Å²) in [5.74, 6) is 0. The Hall–Kier alpha value is 0.0500. The summed E-state index contributed by atoms with van der Waals surface area (Å²) in [5, 5.41) is 4.55. The van der Waals surface area contributed by atoms with Crippen LogP contribution in [0.3, 0.4) is 0 Å². The van der Waals surface area contributed by atoms with Gasteiger partial charge in [-0.2, -0.15) is 10.0 Å². The second kappa shape index (κ2) is 4.92. The lowest BCUT2D eigenvalue weighted by atomic mass is 10.5. The Kier molecular flexibility index (Phi) is 4.30. The van der Waals surface area contributed by atoms with Gasteiger partial charge in [0.2, 0.25) is 0 Å². The molecule has 1 rings (SSSR count). The molecule has 0 unspecified atom stereocenters. The van der Waals surface area contributed by atoms with Crippen LogP contribution in [0.2, 0.25) is 0 Å². The average molecular weight is 244 g/mol. The molecule has 0 aliphatic carbocycles. The highest BCUT2D eigenvalue weighted by molar-refractivity contribution is 8.36. The van der Waals surface area contributed by atoms with Gasteiger partial charge in [-0.25, -0.2) is 0 Å². The summed E-state index contributed by atoms with van der Waals surface area (Å²) in [6, 6.07) is 4.55. The van der Waals surface area contributed by atoms with E-state index in [0.717, 1.165) is 15.7 Å². The molecule has 0 fully saturated rings. The molecule has 88 valence electrons. The van der Waals surface area contributed by atoms with Crippen molar-refractivity contribution in [2.24, 2.45) is 0 Å². The highest BCUT2D eigenvalue weighted by Gasteiger charge is 2.36. The van der Waals surface area contributed by atoms with Crippen molar-refractivity contribution in [1.82, 2.24) is 0 Å². The highest BCUT2D eigenvalue weighted by Crippen LogP contribution is 2.67. The molecule has 0 aromatic carbocycles. The molecule has 0 amide bonds. The van der Waals surface area contributed by atoms with Gasteiger partial charge < -0.3 is 0 Å². The molecular weight excluding hydrogens is 220 g/mol. The first-order chi connectivity index (χ1) is 6.94. The highest BCUT2D eigenvalue weighted by atomic mass is 32.3. The molecule has 0 radical (unpaired) electrons. The van der Waals surface area contributed by atoms with Crippen molar-refractivity contribution in [2.45, 2.75) is 61.5 Å². The Bertz CT molecular complexity index is 262. The van der Waals surface area contributed by atoms with Gasteiger partial charge in [0.05, 0.1) is 0 Å². The molecule has 0 N–H and O–H groups in total.